The third kappa shape index (κ3) is 4.18. The second-order valence-electron chi connectivity index (χ2n) is 3.97. The van der Waals surface area contributed by atoms with Crippen molar-refractivity contribution in [2.45, 2.75) is 24.6 Å². The average Bonchev–Trinajstić information content (AvgIpc) is 2.35. The first-order valence-corrected chi connectivity index (χ1v) is 7.81. The van der Waals surface area contributed by atoms with Gasteiger partial charge in [0, 0.05) is 11.0 Å². The van der Waals surface area contributed by atoms with Crippen LogP contribution < -0.4 is 0 Å². The Kier molecular flexibility index (Phi) is 5.59. The van der Waals surface area contributed by atoms with Gasteiger partial charge in [0.25, 0.3) is 0 Å². The van der Waals surface area contributed by atoms with Crippen LogP contribution in [0.25, 0.3) is 0 Å². The van der Waals surface area contributed by atoms with Crippen LogP contribution in [0.1, 0.15) is 12.5 Å². The molecule has 0 radical (unpaired) electrons. The van der Waals surface area contributed by atoms with Crippen LogP contribution in [0.4, 0.5) is 13.2 Å². The van der Waals surface area contributed by atoms with Gasteiger partial charge >= 0.3 is 6.18 Å². The van der Waals surface area contributed by atoms with Crippen LogP contribution in [0.15, 0.2) is 27.6 Å². The Bertz CT molecular complexity index is 575. The van der Waals surface area contributed by atoms with Crippen molar-refractivity contribution in [1.29, 1.82) is 0 Å². The van der Waals surface area contributed by atoms with Gasteiger partial charge in [-0.05, 0) is 33.6 Å². The highest BCUT2D eigenvalue weighted by Gasteiger charge is 2.36. The van der Waals surface area contributed by atoms with Crippen molar-refractivity contribution < 1.29 is 26.7 Å². The highest BCUT2D eigenvalue weighted by Crippen LogP contribution is 2.28. The standard InChI is InChI=1S/C11H13BrF3NO3S/c1-2-16(7-11(13,14)15)20(18,19)10-5-8(6-17)3-4-9(10)12/h3-5,17H,2,6-7H2,1H3. The molecule has 0 saturated heterocycles. The summed E-state index contributed by atoms with van der Waals surface area (Å²) in [5.74, 6) is 0. The van der Waals surface area contributed by atoms with Crippen LogP contribution in [-0.4, -0.2) is 37.1 Å². The van der Waals surface area contributed by atoms with Gasteiger partial charge in [-0.1, -0.05) is 13.0 Å². The van der Waals surface area contributed by atoms with E-state index in [4.69, 9.17) is 5.11 Å². The lowest BCUT2D eigenvalue weighted by Crippen LogP contribution is -2.38. The summed E-state index contributed by atoms with van der Waals surface area (Å²) in [6.07, 6.45) is -4.62. The quantitative estimate of drug-likeness (QED) is 0.859. The van der Waals surface area contributed by atoms with Gasteiger partial charge in [-0.25, -0.2) is 8.42 Å². The van der Waals surface area contributed by atoms with Crippen molar-refractivity contribution in [1.82, 2.24) is 4.31 Å². The maximum atomic E-state index is 12.4. The van der Waals surface area contributed by atoms with E-state index in [2.05, 4.69) is 15.9 Å². The van der Waals surface area contributed by atoms with Crippen LogP contribution in [0.5, 0.6) is 0 Å². The second kappa shape index (κ2) is 6.42. The molecule has 0 bridgehead atoms. The molecule has 1 aromatic rings. The number of aliphatic hydroxyl groups is 1. The van der Waals surface area contributed by atoms with Crippen LogP contribution in [0.3, 0.4) is 0 Å². The van der Waals surface area contributed by atoms with Gasteiger partial charge in [-0.15, -0.1) is 0 Å². The maximum Gasteiger partial charge on any atom is 0.402 e. The van der Waals surface area contributed by atoms with Crippen molar-refractivity contribution >= 4 is 26.0 Å². The molecule has 0 aromatic heterocycles. The Morgan fingerprint density at radius 3 is 2.40 bits per heavy atom. The number of hydrogen-bond donors (Lipinski definition) is 1. The monoisotopic (exact) mass is 375 g/mol. The molecular formula is C11H13BrF3NO3S. The molecule has 0 atom stereocenters. The number of halogens is 4. The molecule has 0 spiro atoms. The predicted molar refractivity (Wildman–Crippen MR) is 70.6 cm³/mol. The summed E-state index contributed by atoms with van der Waals surface area (Å²) < 4.78 is 62.3. The molecule has 0 unspecified atom stereocenters. The molecule has 1 N–H and O–H groups in total. The van der Waals surface area contributed by atoms with Crippen molar-refractivity contribution in [3.63, 3.8) is 0 Å². The molecule has 114 valence electrons. The lowest BCUT2D eigenvalue weighted by Gasteiger charge is -2.22. The SMILES string of the molecule is CCN(CC(F)(F)F)S(=O)(=O)c1cc(CO)ccc1Br. The van der Waals surface area contributed by atoms with Gasteiger partial charge in [0.2, 0.25) is 10.0 Å². The fraction of sp³-hybridized carbons (Fsp3) is 0.455. The minimum absolute atomic E-state index is 0.148. The minimum atomic E-state index is -4.62. The lowest BCUT2D eigenvalue weighted by molar-refractivity contribution is -0.135. The first-order chi connectivity index (χ1) is 9.11. The Morgan fingerprint density at radius 1 is 1.35 bits per heavy atom. The first-order valence-electron chi connectivity index (χ1n) is 5.58. The Labute approximate surface area is 123 Å². The normalized spacial score (nSPS) is 12.9. The Balaban J connectivity index is 3.27. The molecule has 0 fully saturated rings. The molecule has 1 rings (SSSR count). The van der Waals surface area contributed by atoms with Gasteiger partial charge in [-0.3, -0.25) is 0 Å². The van der Waals surface area contributed by atoms with E-state index in [1.807, 2.05) is 0 Å². The van der Waals surface area contributed by atoms with E-state index in [-0.39, 0.29) is 15.9 Å². The topological polar surface area (TPSA) is 57.6 Å². The van der Waals surface area contributed by atoms with E-state index >= 15 is 0 Å². The molecule has 0 aliphatic rings. The summed E-state index contributed by atoms with van der Waals surface area (Å²) >= 11 is 3.00. The van der Waals surface area contributed by atoms with Gasteiger partial charge < -0.3 is 5.11 Å². The largest absolute Gasteiger partial charge is 0.402 e. The zero-order chi connectivity index (χ0) is 15.6. The Morgan fingerprint density at radius 2 is 1.95 bits per heavy atom. The van der Waals surface area contributed by atoms with E-state index in [0.29, 0.717) is 9.87 Å². The van der Waals surface area contributed by atoms with Gasteiger partial charge in [0.1, 0.15) is 6.54 Å². The molecule has 20 heavy (non-hydrogen) atoms. The van der Waals surface area contributed by atoms with E-state index in [9.17, 15) is 21.6 Å². The number of nitrogens with zero attached hydrogens (tertiary/aromatic N) is 1. The summed E-state index contributed by atoms with van der Waals surface area (Å²) in [6, 6.07) is 4.00. The third-order valence-electron chi connectivity index (χ3n) is 2.50. The fourth-order valence-electron chi connectivity index (χ4n) is 1.55. The summed E-state index contributed by atoms with van der Waals surface area (Å²) in [6.45, 7) is -0.937. The van der Waals surface area contributed by atoms with Gasteiger partial charge in [0.15, 0.2) is 0 Å². The Hall–Kier alpha value is -0.640. The van der Waals surface area contributed by atoms with Crippen molar-refractivity contribution in [3.05, 3.63) is 28.2 Å². The highest BCUT2D eigenvalue weighted by atomic mass is 79.9. The maximum absolute atomic E-state index is 12.4. The number of benzene rings is 1. The van der Waals surface area contributed by atoms with E-state index < -0.39 is 29.4 Å². The smallest absolute Gasteiger partial charge is 0.392 e. The zero-order valence-electron chi connectivity index (χ0n) is 10.5. The molecule has 1 aromatic carbocycles. The number of alkyl halides is 3. The average molecular weight is 376 g/mol. The summed E-state index contributed by atoms with van der Waals surface area (Å²) in [4.78, 5) is -0.296. The van der Waals surface area contributed by atoms with E-state index in [1.165, 1.54) is 19.1 Å². The molecule has 0 aliphatic carbocycles. The molecule has 9 heteroatoms. The van der Waals surface area contributed by atoms with Crippen molar-refractivity contribution in [2.75, 3.05) is 13.1 Å². The van der Waals surface area contributed by atoms with Crippen molar-refractivity contribution in [2.24, 2.45) is 0 Å². The van der Waals surface area contributed by atoms with Crippen LogP contribution >= 0.6 is 15.9 Å². The molecule has 0 saturated carbocycles. The van der Waals surface area contributed by atoms with Gasteiger partial charge in [0.05, 0.1) is 11.5 Å². The summed E-state index contributed by atoms with van der Waals surface area (Å²) in [5.41, 5.74) is 0.301. The molecule has 0 aliphatic heterocycles. The molecule has 0 amide bonds. The highest BCUT2D eigenvalue weighted by molar-refractivity contribution is 9.10. The molecule has 4 nitrogen and oxygen atoms in total. The first kappa shape index (κ1) is 17.4. The fourth-order valence-corrected chi connectivity index (χ4v) is 3.96. The second-order valence-corrected chi connectivity index (χ2v) is 6.73. The number of sulfonamides is 1. The van der Waals surface area contributed by atoms with Crippen LogP contribution in [0, 0.1) is 0 Å². The van der Waals surface area contributed by atoms with Crippen molar-refractivity contribution in [3.8, 4) is 0 Å². The molecule has 0 heterocycles. The van der Waals surface area contributed by atoms with E-state index in [1.54, 1.807) is 0 Å². The van der Waals surface area contributed by atoms with Gasteiger partial charge in [-0.2, -0.15) is 17.5 Å². The number of rotatable bonds is 5. The minimum Gasteiger partial charge on any atom is -0.392 e. The summed E-state index contributed by atoms with van der Waals surface area (Å²) in [5, 5.41) is 9.00. The predicted octanol–water partition coefficient (Wildman–Crippen LogP) is 2.51. The van der Waals surface area contributed by atoms with Crippen LogP contribution in [-0.2, 0) is 16.6 Å². The van der Waals surface area contributed by atoms with E-state index in [0.717, 1.165) is 6.07 Å². The third-order valence-corrected chi connectivity index (χ3v) is 5.42. The summed E-state index contributed by atoms with van der Waals surface area (Å²) in [7, 11) is -4.29. The van der Waals surface area contributed by atoms with Crippen LogP contribution in [0.2, 0.25) is 0 Å². The number of hydrogen-bond acceptors (Lipinski definition) is 3. The molecular weight excluding hydrogens is 363 g/mol. The number of aliphatic hydroxyl groups excluding tert-OH is 1. The lowest BCUT2D eigenvalue weighted by atomic mass is 10.2. The zero-order valence-corrected chi connectivity index (χ0v) is 12.9.